The minimum atomic E-state index is -0.158. The van der Waals surface area contributed by atoms with Crippen molar-refractivity contribution in [1.29, 1.82) is 0 Å². The SMILES string of the molecule is Cc1nc2ccc(NC(=O)c3cc4occc4n3C)cc2s1. The number of hydrogen-bond donors (Lipinski definition) is 1. The number of thiazole rings is 1. The molecule has 1 amide bonds. The number of benzene rings is 1. The molecule has 3 aromatic heterocycles. The maximum Gasteiger partial charge on any atom is 0.272 e. The Morgan fingerprint density at radius 3 is 3.00 bits per heavy atom. The summed E-state index contributed by atoms with van der Waals surface area (Å²) < 4.78 is 8.22. The van der Waals surface area contributed by atoms with Gasteiger partial charge in [0.15, 0.2) is 5.58 Å². The van der Waals surface area contributed by atoms with Gasteiger partial charge in [-0.1, -0.05) is 0 Å². The zero-order chi connectivity index (χ0) is 15.3. The zero-order valence-electron chi connectivity index (χ0n) is 12.1. The number of anilines is 1. The average Bonchev–Trinajstić information content (AvgIpc) is 3.14. The summed E-state index contributed by atoms with van der Waals surface area (Å²) in [6.45, 7) is 1.97. The molecule has 0 saturated heterocycles. The largest absolute Gasteiger partial charge is 0.463 e. The number of amides is 1. The van der Waals surface area contributed by atoms with Gasteiger partial charge in [0.1, 0.15) is 5.69 Å². The first kappa shape index (κ1) is 13.1. The van der Waals surface area contributed by atoms with E-state index in [0.29, 0.717) is 11.3 Å². The van der Waals surface area contributed by atoms with Crippen molar-refractivity contribution in [1.82, 2.24) is 9.55 Å². The van der Waals surface area contributed by atoms with Crippen LogP contribution in [0.5, 0.6) is 0 Å². The van der Waals surface area contributed by atoms with E-state index in [9.17, 15) is 4.79 Å². The fourth-order valence-electron chi connectivity index (χ4n) is 2.58. The predicted octanol–water partition coefficient (Wildman–Crippen LogP) is 3.94. The Morgan fingerprint density at radius 1 is 1.32 bits per heavy atom. The Hall–Kier alpha value is -2.60. The quantitative estimate of drug-likeness (QED) is 0.610. The van der Waals surface area contributed by atoms with Crippen molar-refractivity contribution >= 4 is 44.2 Å². The number of carbonyl (C=O) groups is 1. The van der Waals surface area contributed by atoms with Crippen LogP contribution in [0.4, 0.5) is 5.69 Å². The highest BCUT2D eigenvalue weighted by molar-refractivity contribution is 7.18. The Labute approximate surface area is 130 Å². The predicted molar refractivity (Wildman–Crippen MR) is 87.5 cm³/mol. The molecular weight excluding hydrogens is 298 g/mol. The van der Waals surface area contributed by atoms with Gasteiger partial charge in [0.2, 0.25) is 0 Å². The number of carbonyl (C=O) groups excluding carboxylic acids is 1. The summed E-state index contributed by atoms with van der Waals surface area (Å²) >= 11 is 1.61. The van der Waals surface area contributed by atoms with E-state index in [4.69, 9.17) is 4.42 Å². The molecule has 0 aliphatic rings. The van der Waals surface area contributed by atoms with Crippen LogP contribution in [0.2, 0.25) is 0 Å². The van der Waals surface area contributed by atoms with Crippen LogP contribution in [0.15, 0.2) is 41.0 Å². The Balaban J connectivity index is 1.67. The topological polar surface area (TPSA) is 60.1 Å². The highest BCUT2D eigenvalue weighted by Crippen LogP contribution is 2.25. The molecule has 110 valence electrons. The van der Waals surface area contributed by atoms with Crippen LogP contribution in [-0.4, -0.2) is 15.5 Å². The lowest BCUT2D eigenvalue weighted by Gasteiger charge is -2.06. The molecular formula is C16H13N3O2S. The molecule has 0 aliphatic carbocycles. The number of aryl methyl sites for hydroxylation is 2. The number of hydrogen-bond acceptors (Lipinski definition) is 4. The van der Waals surface area contributed by atoms with Gasteiger partial charge in [-0.15, -0.1) is 11.3 Å². The smallest absolute Gasteiger partial charge is 0.272 e. The second-order valence-corrected chi connectivity index (χ2v) is 6.36. The maximum absolute atomic E-state index is 12.5. The van der Waals surface area contributed by atoms with Crippen LogP contribution in [0.25, 0.3) is 21.3 Å². The van der Waals surface area contributed by atoms with Crippen molar-refractivity contribution in [3.05, 3.63) is 47.3 Å². The number of aromatic nitrogens is 2. The monoisotopic (exact) mass is 311 g/mol. The lowest BCUT2D eigenvalue weighted by molar-refractivity contribution is 0.101. The highest BCUT2D eigenvalue weighted by atomic mass is 32.1. The summed E-state index contributed by atoms with van der Waals surface area (Å²) in [6, 6.07) is 9.33. The van der Waals surface area contributed by atoms with Gasteiger partial charge in [0.25, 0.3) is 5.91 Å². The van der Waals surface area contributed by atoms with Crippen molar-refractivity contribution in [2.75, 3.05) is 5.32 Å². The van der Waals surface area contributed by atoms with Crippen molar-refractivity contribution in [2.24, 2.45) is 7.05 Å². The third-order valence-electron chi connectivity index (χ3n) is 3.65. The lowest BCUT2D eigenvalue weighted by Crippen LogP contribution is -2.15. The third kappa shape index (κ3) is 2.00. The van der Waals surface area contributed by atoms with Crippen LogP contribution < -0.4 is 5.32 Å². The Bertz CT molecular complexity index is 1010. The normalized spacial score (nSPS) is 11.4. The van der Waals surface area contributed by atoms with E-state index in [1.165, 1.54) is 0 Å². The van der Waals surface area contributed by atoms with Crippen LogP contribution in [0, 0.1) is 6.92 Å². The van der Waals surface area contributed by atoms with E-state index < -0.39 is 0 Å². The Kier molecular flexibility index (Phi) is 2.80. The number of nitrogens with zero attached hydrogens (tertiary/aromatic N) is 2. The summed E-state index contributed by atoms with van der Waals surface area (Å²) in [4.78, 5) is 16.9. The van der Waals surface area contributed by atoms with Gasteiger partial charge < -0.3 is 14.3 Å². The van der Waals surface area contributed by atoms with E-state index in [1.54, 1.807) is 23.7 Å². The maximum atomic E-state index is 12.5. The summed E-state index contributed by atoms with van der Waals surface area (Å²) in [5.74, 6) is -0.158. The van der Waals surface area contributed by atoms with E-state index in [-0.39, 0.29) is 5.91 Å². The zero-order valence-corrected chi connectivity index (χ0v) is 12.9. The van der Waals surface area contributed by atoms with Gasteiger partial charge >= 0.3 is 0 Å². The van der Waals surface area contributed by atoms with Crippen LogP contribution in [0.1, 0.15) is 15.5 Å². The van der Waals surface area contributed by atoms with E-state index in [0.717, 1.165) is 26.4 Å². The molecule has 0 fully saturated rings. The number of rotatable bonds is 2. The number of nitrogens with one attached hydrogen (secondary N) is 1. The van der Waals surface area contributed by atoms with Crippen molar-refractivity contribution in [3.8, 4) is 0 Å². The van der Waals surface area contributed by atoms with Gasteiger partial charge in [-0.3, -0.25) is 4.79 Å². The summed E-state index contributed by atoms with van der Waals surface area (Å²) in [6.07, 6.45) is 1.62. The van der Waals surface area contributed by atoms with Gasteiger partial charge in [-0.2, -0.15) is 0 Å². The molecule has 0 atom stereocenters. The molecule has 0 spiro atoms. The molecule has 5 nitrogen and oxygen atoms in total. The molecule has 1 aromatic carbocycles. The minimum absolute atomic E-state index is 0.158. The van der Waals surface area contributed by atoms with Crippen molar-refractivity contribution in [3.63, 3.8) is 0 Å². The van der Waals surface area contributed by atoms with Crippen molar-refractivity contribution < 1.29 is 9.21 Å². The van der Waals surface area contributed by atoms with E-state index >= 15 is 0 Å². The number of fused-ring (bicyclic) bond motifs is 2. The molecule has 6 heteroatoms. The molecule has 0 bridgehead atoms. The van der Waals surface area contributed by atoms with Crippen LogP contribution in [0.3, 0.4) is 0 Å². The first-order valence-electron chi connectivity index (χ1n) is 6.83. The van der Waals surface area contributed by atoms with Crippen LogP contribution >= 0.6 is 11.3 Å². The summed E-state index contributed by atoms with van der Waals surface area (Å²) in [5.41, 5.74) is 3.89. The highest BCUT2D eigenvalue weighted by Gasteiger charge is 2.15. The molecule has 0 radical (unpaired) electrons. The average molecular weight is 311 g/mol. The third-order valence-corrected chi connectivity index (χ3v) is 4.58. The fourth-order valence-corrected chi connectivity index (χ4v) is 3.45. The lowest BCUT2D eigenvalue weighted by atomic mass is 10.3. The number of furan rings is 1. The molecule has 0 aliphatic heterocycles. The van der Waals surface area contributed by atoms with Crippen molar-refractivity contribution in [2.45, 2.75) is 6.92 Å². The molecule has 4 rings (SSSR count). The fraction of sp³-hybridized carbons (Fsp3) is 0.125. The van der Waals surface area contributed by atoms with Gasteiger partial charge in [0, 0.05) is 24.9 Å². The summed E-state index contributed by atoms with van der Waals surface area (Å²) in [5, 5.41) is 3.94. The van der Waals surface area contributed by atoms with E-state index in [1.807, 2.05) is 42.8 Å². The van der Waals surface area contributed by atoms with Gasteiger partial charge in [-0.25, -0.2) is 4.98 Å². The molecule has 22 heavy (non-hydrogen) atoms. The van der Waals surface area contributed by atoms with Gasteiger partial charge in [-0.05, 0) is 25.1 Å². The molecule has 3 heterocycles. The van der Waals surface area contributed by atoms with Crippen LogP contribution in [-0.2, 0) is 7.05 Å². The Morgan fingerprint density at radius 2 is 2.18 bits per heavy atom. The minimum Gasteiger partial charge on any atom is -0.463 e. The second kappa shape index (κ2) is 4.71. The second-order valence-electron chi connectivity index (χ2n) is 5.13. The summed E-state index contributed by atoms with van der Waals surface area (Å²) in [7, 11) is 1.85. The molecule has 4 aromatic rings. The van der Waals surface area contributed by atoms with Gasteiger partial charge in [0.05, 0.1) is 27.0 Å². The van der Waals surface area contributed by atoms with E-state index in [2.05, 4.69) is 10.3 Å². The first-order valence-corrected chi connectivity index (χ1v) is 7.65. The molecule has 0 saturated carbocycles. The molecule has 1 N–H and O–H groups in total. The first-order chi connectivity index (χ1) is 10.6. The standard InChI is InChI=1S/C16H13N3O2S/c1-9-17-11-4-3-10(7-15(11)22-9)18-16(20)13-8-14-12(19(13)2)5-6-21-14/h3-8H,1-2H3,(H,18,20). The molecule has 0 unspecified atom stereocenters.